The van der Waals surface area contributed by atoms with E-state index < -0.39 is 0 Å². The van der Waals surface area contributed by atoms with Crippen LogP contribution in [0.1, 0.15) is 10.4 Å². The third-order valence-electron chi connectivity index (χ3n) is 3.72. The molecule has 2 aromatic heterocycles. The Morgan fingerprint density at radius 3 is 2.84 bits per heavy atom. The smallest absolute Gasteiger partial charge is 0.327 e. The van der Waals surface area contributed by atoms with Gasteiger partial charge in [-0.15, -0.1) is 11.3 Å². The Morgan fingerprint density at radius 2 is 2.12 bits per heavy atom. The van der Waals surface area contributed by atoms with Gasteiger partial charge in [-0.25, -0.2) is 14.3 Å². The van der Waals surface area contributed by atoms with Gasteiger partial charge >= 0.3 is 5.69 Å². The van der Waals surface area contributed by atoms with Gasteiger partial charge in [-0.3, -0.25) is 0 Å². The van der Waals surface area contributed by atoms with Gasteiger partial charge in [0.1, 0.15) is 21.1 Å². The molecule has 0 N–H and O–H groups in total. The molecule has 0 bridgehead atoms. The van der Waals surface area contributed by atoms with Gasteiger partial charge in [-0.05, 0) is 35.9 Å². The van der Waals surface area contributed by atoms with Crippen molar-refractivity contribution in [2.24, 2.45) is 0 Å². The molecule has 2 aliphatic rings. The number of hydrogen-bond acceptors (Lipinski definition) is 5. The number of hydrogen-bond donors (Lipinski definition) is 0. The van der Waals surface area contributed by atoms with E-state index in [0.717, 1.165) is 5.56 Å². The molecule has 0 radical (unpaired) electrons. The number of nitriles is 1. The number of imidazole rings is 1. The van der Waals surface area contributed by atoms with Gasteiger partial charge in [0.05, 0.1) is 12.2 Å². The summed E-state index contributed by atoms with van der Waals surface area (Å²) < 4.78 is 3.41. The quantitative estimate of drug-likeness (QED) is 0.521. The van der Waals surface area contributed by atoms with Crippen molar-refractivity contribution in [2.75, 3.05) is 0 Å². The Morgan fingerprint density at radius 1 is 1.24 bits per heavy atom. The highest BCUT2D eigenvalue weighted by atomic mass is 35.5. The highest BCUT2D eigenvalue weighted by molar-refractivity contribution is 7.15. The highest BCUT2D eigenvalue weighted by Crippen LogP contribution is 2.26. The maximum Gasteiger partial charge on any atom is 0.355 e. The monoisotopic (exact) mass is 367 g/mol. The zero-order valence-electron chi connectivity index (χ0n) is 12.8. The second-order valence-electron chi connectivity index (χ2n) is 5.31. The molecule has 4 heterocycles. The minimum absolute atomic E-state index is 0.365. The maximum absolute atomic E-state index is 12.4. The Labute approximate surface area is 151 Å². The molecule has 6 nitrogen and oxygen atoms in total. The van der Waals surface area contributed by atoms with Crippen LogP contribution < -0.4 is 5.69 Å². The van der Waals surface area contributed by atoms with Crippen molar-refractivity contribution in [3.8, 4) is 22.6 Å². The fraction of sp³-hybridized carbons (Fsp3) is 0.0588. The highest BCUT2D eigenvalue weighted by Gasteiger charge is 2.19. The van der Waals surface area contributed by atoms with Crippen LogP contribution in [0.2, 0.25) is 5.15 Å². The van der Waals surface area contributed by atoms with Crippen molar-refractivity contribution in [2.45, 2.75) is 6.54 Å². The van der Waals surface area contributed by atoms with Crippen molar-refractivity contribution in [1.82, 2.24) is 19.1 Å². The molecule has 4 rings (SSSR count). The number of nitrogens with zero attached hydrogens (tertiary/aromatic N) is 5. The second kappa shape index (κ2) is 6.16. The van der Waals surface area contributed by atoms with Gasteiger partial charge in [0.2, 0.25) is 0 Å². The van der Waals surface area contributed by atoms with Crippen LogP contribution in [-0.2, 0) is 6.54 Å². The third-order valence-corrected chi connectivity index (χ3v) is 4.92. The summed E-state index contributed by atoms with van der Waals surface area (Å²) in [5.41, 5.74) is 1.28. The second-order valence-corrected chi connectivity index (χ2v) is 6.76. The molecule has 0 fully saturated rings. The minimum Gasteiger partial charge on any atom is -0.327 e. The number of rotatable bonds is 3. The van der Waals surface area contributed by atoms with Gasteiger partial charge < -0.3 is 4.57 Å². The lowest BCUT2D eigenvalue weighted by molar-refractivity contribution is 0.779. The predicted octanol–water partition coefficient (Wildman–Crippen LogP) is 3.17. The number of pyridine rings is 2. The molecule has 0 atom stereocenters. The molecule has 0 aliphatic carbocycles. The van der Waals surface area contributed by atoms with Gasteiger partial charge in [-0.1, -0.05) is 17.7 Å². The molecular formula is C17H10ClN5OS. The van der Waals surface area contributed by atoms with Gasteiger partial charge in [0.25, 0.3) is 0 Å². The summed E-state index contributed by atoms with van der Waals surface area (Å²) in [6, 6.07) is 12.9. The summed E-state index contributed by atoms with van der Waals surface area (Å²) in [6.07, 6.45) is 3.56. The lowest BCUT2D eigenvalue weighted by Crippen LogP contribution is -2.13. The first kappa shape index (κ1) is 15.6. The molecular weight excluding hydrogens is 358 g/mol. The summed E-state index contributed by atoms with van der Waals surface area (Å²) in [4.78, 5) is 21.2. The fourth-order valence-electron chi connectivity index (χ4n) is 2.62. The van der Waals surface area contributed by atoms with E-state index >= 15 is 0 Å². The first-order valence-corrected chi connectivity index (χ1v) is 8.54. The molecule has 25 heavy (non-hydrogen) atoms. The van der Waals surface area contributed by atoms with Crippen molar-refractivity contribution in [1.29, 1.82) is 5.26 Å². The number of fused-ring (bicyclic) bond motifs is 1. The molecule has 122 valence electrons. The van der Waals surface area contributed by atoms with Crippen LogP contribution in [0, 0.1) is 11.3 Å². The van der Waals surface area contributed by atoms with Crippen LogP contribution in [0.4, 0.5) is 0 Å². The van der Waals surface area contributed by atoms with E-state index in [9.17, 15) is 4.79 Å². The van der Waals surface area contributed by atoms with E-state index in [1.54, 1.807) is 24.4 Å². The Bertz CT molecular complexity index is 1120. The zero-order valence-corrected chi connectivity index (χ0v) is 14.3. The SMILES string of the molecule is N#Cc1ccc(-n2c3cccn(Cc4ccc(Cl)nc4)c-3nc2=O)s1. The van der Waals surface area contributed by atoms with Gasteiger partial charge in [-0.2, -0.15) is 10.2 Å². The van der Waals surface area contributed by atoms with E-state index in [1.807, 2.05) is 29.0 Å². The topological polar surface area (TPSA) is 76.5 Å². The maximum atomic E-state index is 12.4. The van der Waals surface area contributed by atoms with Crippen LogP contribution in [0.25, 0.3) is 16.5 Å². The molecule has 0 saturated carbocycles. The number of thiophene rings is 1. The van der Waals surface area contributed by atoms with E-state index in [1.165, 1.54) is 15.9 Å². The summed E-state index contributed by atoms with van der Waals surface area (Å²) in [6.45, 7) is 0.520. The molecule has 0 spiro atoms. The summed E-state index contributed by atoms with van der Waals surface area (Å²) in [7, 11) is 0. The van der Waals surface area contributed by atoms with Crippen molar-refractivity contribution < 1.29 is 0 Å². The Kier molecular flexibility index (Phi) is 3.84. The number of aromatic nitrogens is 4. The number of halogens is 1. The zero-order chi connectivity index (χ0) is 17.4. The average Bonchev–Trinajstić information content (AvgIpc) is 3.20. The van der Waals surface area contributed by atoms with E-state index in [2.05, 4.69) is 16.0 Å². The van der Waals surface area contributed by atoms with E-state index in [-0.39, 0.29) is 5.69 Å². The fourth-order valence-corrected chi connectivity index (χ4v) is 3.54. The van der Waals surface area contributed by atoms with Crippen LogP contribution in [0.15, 0.2) is 53.6 Å². The summed E-state index contributed by atoms with van der Waals surface area (Å²) >= 11 is 7.08. The first-order valence-electron chi connectivity index (χ1n) is 7.34. The molecule has 0 unspecified atom stereocenters. The minimum atomic E-state index is -0.365. The van der Waals surface area contributed by atoms with Crippen LogP contribution >= 0.6 is 22.9 Å². The molecule has 2 aliphatic heterocycles. The Balaban J connectivity index is 1.78. The predicted molar refractivity (Wildman–Crippen MR) is 95.4 cm³/mol. The van der Waals surface area contributed by atoms with E-state index in [4.69, 9.17) is 16.9 Å². The lowest BCUT2D eigenvalue weighted by Gasteiger charge is -2.12. The van der Waals surface area contributed by atoms with Gasteiger partial charge in [0, 0.05) is 12.4 Å². The molecule has 0 aromatic carbocycles. The normalized spacial score (nSPS) is 10.9. The molecule has 0 amide bonds. The standard InChI is InChI=1S/C17H10ClN5OS/c18-14-5-3-11(9-20-14)10-22-7-1-2-13-16(22)21-17(24)23(13)15-6-4-12(8-19)25-15/h1-7,9H,10H2. The van der Waals surface area contributed by atoms with Crippen molar-refractivity contribution >= 4 is 22.9 Å². The van der Waals surface area contributed by atoms with Crippen LogP contribution in [0.3, 0.4) is 0 Å². The first-order chi connectivity index (χ1) is 12.2. The Hall–Kier alpha value is -2.95. The lowest BCUT2D eigenvalue weighted by atomic mass is 10.2. The summed E-state index contributed by atoms with van der Waals surface area (Å²) in [5, 5.41) is 10.1. The van der Waals surface area contributed by atoms with Gasteiger partial charge in [0.15, 0.2) is 5.82 Å². The van der Waals surface area contributed by atoms with Crippen LogP contribution in [0.5, 0.6) is 0 Å². The molecule has 0 saturated heterocycles. The van der Waals surface area contributed by atoms with E-state index in [0.29, 0.717) is 33.1 Å². The molecule has 2 aromatic rings. The van der Waals surface area contributed by atoms with Crippen LogP contribution in [-0.4, -0.2) is 19.1 Å². The van der Waals surface area contributed by atoms with Crippen molar-refractivity contribution in [3.63, 3.8) is 0 Å². The third kappa shape index (κ3) is 2.82. The summed E-state index contributed by atoms with van der Waals surface area (Å²) in [5.74, 6) is 0.578. The average molecular weight is 368 g/mol. The molecule has 8 heteroatoms. The van der Waals surface area contributed by atoms with Crippen molar-refractivity contribution in [3.05, 3.63) is 74.9 Å². The largest absolute Gasteiger partial charge is 0.355 e.